The van der Waals surface area contributed by atoms with E-state index in [4.69, 9.17) is 18.6 Å². The van der Waals surface area contributed by atoms with Crippen molar-refractivity contribution in [2.24, 2.45) is 11.8 Å². The highest BCUT2D eigenvalue weighted by atomic mass is 16.6. The van der Waals surface area contributed by atoms with E-state index in [0.717, 1.165) is 0 Å². The summed E-state index contributed by atoms with van der Waals surface area (Å²) < 4.78 is 23.9. The van der Waals surface area contributed by atoms with Gasteiger partial charge in [0, 0.05) is 50.9 Å². The van der Waals surface area contributed by atoms with Crippen molar-refractivity contribution in [2.45, 2.75) is 71.5 Å². The number of carbonyl (C=O) groups is 2. The van der Waals surface area contributed by atoms with Gasteiger partial charge in [-0.05, 0) is 38.2 Å². The lowest BCUT2D eigenvalue weighted by atomic mass is 9.88. The topological polar surface area (TPSA) is 161 Å². The second-order valence-electron chi connectivity index (χ2n) is 11.4. The molecule has 0 unspecified atom stereocenters. The quantitative estimate of drug-likeness (QED) is 0.281. The zero-order valence-corrected chi connectivity index (χ0v) is 27.0. The highest BCUT2D eigenvalue weighted by molar-refractivity contribution is 6.05. The molecule has 246 valence electrons. The predicted octanol–water partition coefficient (Wildman–Crippen LogP) is 4.21. The Bertz CT molecular complexity index is 1530. The van der Waals surface area contributed by atoms with Crippen LogP contribution in [0, 0.1) is 11.8 Å². The lowest BCUT2D eigenvalue weighted by Crippen LogP contribution is -2.37. The predicted molar refractivity (Wildman–Crippen MR) is 171 cm³/mol. The van der Waals surface area contributed by atoms with Crippen molar-refractivity contribution in [3.05, 3.63) is 70.3 Å². The normalized spacial score (nSPS) is 28.3. The molecule has 2 aromatic rings. The minimum absolute atomic E-state index is 0.0782. The fourth-order valence-corrected chi connectivity index (χ4v) is 5.54. The Hall–Kier alpha value is -4.13. The number of hydrogen-bond acceptors (Lipinski definition) is 9. The third-order valence-electron chi connectivity index (χ3n) is 7.98. The maximum atomic E-state index is 13.2. The van der Waals surface area contributed by atoms with E-state index in [-0.39, 0.29) is 35.9 Å². The summed E-state index contributed by atoms with van der Waals surface area (Å²) in [5.41, 5.74) is 2.03. The van der Waals surface area contributed by atoms with Crippen LogP contribution in [0.3, 0.4) is 0 Å². The van der Waals surface area contributed by atoms with Gasteiger partial charge in [-0.3, -0.25) is 9.36 Å². The highest BCUT2D eigenvalue weighted by Crippen LogP contribution is 2.38. The molecule has 1 aromatic carbocycles. The van der Waals surface area contributed by atoms with Gasteiger partial charge < -0.3 is 39.5 Å². The van der Waals surface area contributed by atoms with Crippen LogP contribution in [0.5, 0.6) is 5.75 Å². The maximum Gasteiger partial charge on any atom is 0.420 e. The van der Waals surface area contributed by atoms with E-state index in [1.54, 1.807) is 38.2 Å². The molecule has 0 radical (unpaired) electrons. The van der Waals surface area contributed by atoms with E-state index in [9.17, 15) is 24.6 Å². The number of carbonyl (C=O) groups excluding carboxylic acids is 2. The molecule has 0 saturated heterocycles. The van der Waals surface area contributed by atoms with Crippen molar-refractivity contribution in [1.82, 2.24) is 9.88 Å². The van der Waals surface area contributed by atoms with Gasteiger partial charge in [0.1, 0.15) is 11.9 Å². The Kier molecular flexibility index (Phi) is 12.4. The first-order chi connectivity index (χ1) is 21.4. The van der Waals surface area contributed by atoms with Gasteiger partial charge >= 0.3 is 11.8 Å². The van der Waals surface area contributed by atoms with Crippen molar-refractivity contribution in [1.29, 1.82) is 0 Å². The van der Waals surface area contributed by atoms with Crippen molar-refractivity contribution in [3.8, 4) is 5.75 Å². The number of rotatable bonds is 5. The number of oxazole rings is 1. The number of benzene rings is 1. The number of fused-ring (bicyclic) bond motifs is 4. The third kappa shape index (κ3) is 8.33. The van der Waals surface area contributed by atoms with Gasteiger partial charge in [-0.25, -0.2) is 9.59 Å². The standard InChI is InChI=1S/C33H45N3O9/c1-9-13-36-27-22-14-18(2)15-26(43-8)28(37)20(4)16-21(5)30(45-32(40)34-6)24(42-7)12-10-11-19(3)31(39)35-23(29(22)38)17-25(27)44-33(36)41/h9-12,16-18,20,24,26,28,30,37-38H,1,13-15H2,2-8H3,(H,34,40)(H,35,39)/b12-10-,19-11+,21-16+/t18-,20+,24+,26+,28-,30+/m1/s1. The number of alkyl carbamates (subject to hydrolysis) is 1. The van der Waals surface area contributed by atoms with Gasteiger partial charge in [0.25, 0.3) is 5.91 Å². The number of hydrogen-bond donors (Lipinski definition) is 4. The fraction of sp³-hybridized carbons (Fsp3) is 0.485. The number of aliphatic hydroxyl groups excluding tert-OH is 1. The molecule has 1 aromatic heterocycles. The Balaban J connectivity index is 2.19. The number of ether oxygens (including phenoxy) is 3. The number of amides is 2. The van der Waals surface area contributed by atoms with E-state index in [2.05, 4.69) is 17.2 Å². The number of phenolic OH excluding ortho intramolecular Hbond substituents is 1. The minimum Gasteiger partial charge on any atom is -0.505 e. The summed E-state index contributed by atoms with van der Waals surface area (Å²) in [6.07, 6.45) is 5.06. The van der Waals surface area contributed by atoms with Gasteiger partial charge in [-0.15, -0.1) is 6.58 Å². The molecule has 4 N–H and O–H groups in total. The number of aliphatic hydroxyl groups is 1. The highest BCUT2D eigenvalue weighted by Gasteiger charge is 2.30. The van der Waals surface area contributed by atoms with E-state index < -0.39 is 48.1 Å². The number of nitrogens with one attached hydrogen (secondary N) is 2. The molecule has 2 heterocycles. The Morgan fingerprint density at radius 2 is 1.96 bits per heavy atom. The van der Waals surface area contributed by atoms with Crippen LogP contribution in [0.4, 0.5) is 10.5 Å². The lowest BCUT2D eigenvalue weighted by molar-refractivity contribution is -0.112. The molecule has 2 amide bonds. The minimum atomic E-state index is -0.940. The van der Waals surface area contributed by atoms with Crippen LogP contribution >= 0.6 is 0 Å². The molecular formula is C33H45N3O9. The molecule has 6 atom stereocenters. The monoisotopic (exact) mass is 627 g/mol. The van der Waals surface area contributed by atoms with Gasteiger partial charge in [0.15, 0.2) is 11.7 Å². The number of methoxy groups -OCH3 is 2. The average molecular weight is 628 g/mol. The summed E-state index contributed by atoms with van der Waals surface area (Å²) in [5, 5.41) is 28.0. The summed E-state index contributed by atoms with van der Waals surface area (Å²) in [6.45, 7) is 11.0. The van der Waals surface area contributed by atoms with Crippen LogP contribution in [0.25, 0.3) is 11.1 Å². The number of nitrogens with zero attached hydrogens (tertiary/aromatic N) is 1. The lowest BCUT2D eigenvalue weighted by Gasteiger charge is -2.29. The largest absolute Gasteiger partial charge is 0.505 e. The number of aromatic hydroxyl groups is 1. The molecule has 1 aliphatic heterocycles. The van der Waals surface area contributed by atoms with Crippen LogP contribution in [0.2, 0.25) is 0 Å². The Morgan fingerprint density at radius 3 is 2.58 bits per heavy atom. The summed E-state index contributed by atoms with van der Waals surface area (Å²) in [4.78, 5) is 38.2. The molecule has 2 bridgehead atoms. The SMILES string of the molecule is C=CCn1c(=O)oc2cc3c(O)c(c21)C[C@@H](C)C[C@H](OC)[C@H](O)[C@@H](C)/C=C(\C)[C@H](OC(=O)NC)[C@@H](OC)/C=C\C=C(/C)C(=O)N3. The first kappa shape index (κ1) is 35.4. The van der Waals surface area contributed by atoms with E-state index in [0.29, 0.717) is 28.6 Å². The Labute approximate surface area is 263 Å². The molecule has 3 rings (SSSR count). The molecule has 12 heteroatoms. The van der Waals surface area contributed by atoms with Crippen LogP contribution < -0.4 is 16.4 Å². The third-order valence-corrected chi connectivity index (χ3v) is 7.98. The smallest absolute Gasteiger partial charge is 0.420 e. The molecule has 0 saturated carbocycles. The molecular weight excluding hydrogens is 582 g/mol. The fourth-order valence-electron chi connectivity index (χ4n) is 5.54. The van der Waals surface area contributed by atoms with Crippen molar-refractivity contribution >= 4 is 28.8 Å². The van der Waals surface area contributed by atoms with Crippen molar-refractivity contribution < 1.29 is 38.4 Å². The van der Waals surface area contributed by atoms with Crippen LogP contribution in [-0.2, 0) is 32.0 Å². The molecule has 12 nitrogen and oxygen atoms in total. The average Bonchev–Trinajstić information content (AvgIpc) is 3.31. The number of allylic oxidation sites excluding steroid dienone is 3. The summed E-state index contributed by atoms with van der Waals surface area (Å²) in [6, 6.07) is 1.42. The number of anilines is 1. The van der Waals surface area contributed by atoms with Crippen LogP contribution in [0.1, 0.15) is 39.7 Å². The van der Waals surface area contributed by atoms with E-state index >= 15 is 0 Å². The van der Waals surface area contributed by atoms with Gasteiger partial charge in [-0.2, -0.15) is 0 Å². The number of aromatic nitrogens is 1. The molecule has 0 fully saturated rings. The van der Waals surface area contributed by atoms with E-state index in [1.807, 2.05) is 19.9 Å². The first-order valence-electron chi connectivity index (χ1n) is 14.8. The summed E-state index contributed by atoms with van der Waals surface area (Å²) in [5.74, 6) is -1.90. The molecule has 1 aliphatic rings. The summed E-state index contributed by atoms with van der Waals surface area (Å²) >= 11 is 0. The summed E-state index contributed by atoms with van der Waals surface area (Å²) in [7, 11) is 4.44. The Morgan fingerprint density at radius 1 is 1.24 bits per heavy atom. The van der Waals surface area contributed by atoms with Crippen molar-refractivity contribution in [3.63, 3.8) is 0 Å². The van der Waals surface area contributed by atoms with Crippen molar-refractivity contribution in [2.75, 3.05) is 26.6 Å². The van der Waals surface area contributed by atoms with Crippen LogP contribution in [0.15, 0.2) is 63.4 Å². The van der Waals surface area contributed by atoms with Gasteiger partial charge in [-0.1, -0.05) is 44.2 Å². The second-order valence-corrected chi connectivity index (χ2v) is 11.4. The zero-order valence-electron chi connectivity index (χ0n) is 27.0. The van der Waals surface area contributed by atoms with Gasteiger partial charge in [0.05, 0.1) is 23.4 Å². The van der Waals surface area contributed by atoms with Crippen LogP contribution in [-0.4, -0.2) is 72.5 Å². The second kappa shape index (κ2) is 15.7. The zero-order chi connectivity index (χ0) is 33.4. The molecule has 0 aliphatic carbocycles. The number of phenols is 1. The molecule has 0 spiro atoms. The first-order valence-corrected chi connectivity index (χ1v) is 14.8. The molecule has 45 heavy (non-hydrogen) atoms. The van der Waals surface area contributed by atoms with Gasteiger partial charge in [0.2, 0.25) is 0 Å². The maximum absolute atomic E-state index is 13.2. The van der Waals surface area contributed by atoms with E-state index in [1.165, 1.54) is 31.9 Å².